The van der Waals surface area contributed by atoms with Gasteiger partial charge in [-0.25, -0.2) is 0 Å². The van der Waals surface area contributed by atoms with Crippen LogP contribution >= 0.6 is 15.9 Å². The Hall–Kier alpha value is -0.490. The Labute approximate surface area is 74.7 Å². The van der Waals surface area contributed by atoms with E-state index in [1.165, 1.54) is 12.1 Å². The summed E-state index contributed by atoms with van der Waals surface area (Å²) >= 11 is 2.88. The molecule has 0 fully saturated rings. The summed E-state index contributed by atoms with van der Waals surface area (Å²) in [5.74, 6) is -0.297. The van der Waals surface area contributed by atoms with Crippen molar-refractivity contribution in [3.63, 3.8) is 0 Å². The first-order valence-corrected chi connectivity index (χ1v) is 3.78. The van der Waals surface area contributed by atoms with Gasteiger partial charge < -0.3 is 10.2 Å². The van der Waals surface area contributed by atoms with Crippen LogP contribution in [0.1, 0.15) is 11.8 Å². The van der Waals surface area contributed by atoms with Crippen LogP contribution in [0.3, 0.4) is 0 Å². The summed E-state index contributed by atoms with van der Waals surface area (Å²) in [6.07, 6.45) is -4.46. The molecule has 0 amide bonds. The number of alkyl halides is 3. The van der Waals surface area contributed by atoms with Gasteiger partial charge in [0.05, 0.1) is 0 Å². The van der Waals surface area contributed by atoms with Gasteiger partial charge in [0.1, 0.15) is 5.76 Å². The highest BCUT2D eigenvalue weighted by Crippen LogP contribution is 2.32. The van der Waals surface area contributed by atoms with Crippen molar-refractivity contribution in [2.24, 2.45) is 5.73 Å². The minimum atomic E-state index is -4.46. The van der Waals surface area contributed by atoms with E-state index in [1.54, 1.807) is 0 Å². The van der Waals surface area contributed by atoms with E-state index in [9.17, 15) is 13.2 Å². The zero-order valence-electron chi connectivity index (χ0n) is 5.73. The molecule has 0 saturated carbocycles. The molecular formula is C6H5BrF3NO. The Morgan fingerprint density at radius 1 is 1.42 bits per heavy atom. The SMILES string of the molecule is N[C@@H](c1ccc(Br)o1)C(F)(F)F. The van der Waals surface area contributed by atoms with Crippen LogP contribution in [-0.4, -0.2) is 6.18 Å². The average Bonchev–Trinajstić information content (AvgIpc) is 2.32. The van der Waals surface area contributed by atoms with Crippen molar-refractivity contribution < 1.29 is 17.6 Å². The first-order valence-electron chi connectivity index (χ1n) is 2.99. The fourth-order valence-electron chi connectivity index (χ4n) is 0.657. The molecule has 0 aliphatic carbocycles. The summed E-state index contributed by atoms with van der Waals surface area (Å²) in [7, 11) is 0. The molecule has 0 saturated heterocycles. The minimum Gasteiger partial charge on any atom is -0.452 e. The lowest BCUT2D eigenvalue weighted by Gasteiger charge is -2.12. The highest BCUT2D eigenvalue weighted by Gasteiger charge is 2.39. The normalized spacial score (nSPS) is 14.8. The third-order valence-electron chi connectivity index (χ3n) is 1.25. The molecule has 0 unspecified atom stereocenters. The second-order valence-electron chi connectivity index (χ2n) is 2.16. The van der Waals surface area contributed by atoms with Crippen molar-refractivity contribution >= 4 is 15.9 Å². The van der Waals surface area contributed by atoms with Crippen molar-refractivity contribution in [2.45, 2.75) is 12.2 Å². The number of halogens is 4. The first kappa shape index (κ1) is 9.60. The summed E-state index contributed by atoms with van der Waals surface area (Å²) in [5, 5.41) is 0. The smallest absolute Gasteiger partial charge is 0.410 e. The Kier molecular flexibility index (Phi) is 2.48. The lowest BCUT2D eigenvalue weighted by atomic mass is 10.2. The maximum absolute atomic E-state index is 11.9. The van der Waals surface area contributed by atoms with E-state index >= 15 is 0 Å². The zero-order chi connectivity index (χ0) is 9.35. The number of furan rings is 1. The Morgan fingerprint density at radius 3 is 2.33 bits per heavy atom. The second-order valence-corrected chi connectivity index (χ2v) is 2.94. The molecule has 0 aliphatic rings. The molecule has 0 aliphatic heterocycles. The molecule has 0 spiro atoms. The van der Waals surface area contributed by atoms with Crippen LogP contribution in [0.4, 0.5) is 13.2 Å². The second kappa shape index (κ2) is 3.10. The molecule has 0 radical (unpaired) electrons. The Morgan fingerprint density at radius 2 is 2.00 bits per heavy atom. The largest absolute Gasteiger partial charge is 0.452 e. The van der Waals surface area contributed by atoms with Crippen LogP contribution in [0, 0.1) is 0 Å². The van der Waals surface area contributed by atoms with E-state index in [0.29, 0.717) is 0 Å². The Bertz CT molecular complexity index is 270. The fourth-order valence-corrected chi connectivity index (χ4v) is 0.976. The standard InChI is InChI=1S/C6H5BrF3NO/c7-4-2-1-3(12-4)5(11)6(8,9)10/h1-2,5H,11H2/t5-/m0/s1. The van der Waals surface area contributed by atoms with E-state index in [2.05, 4.69) is 20.3 Å². The monoisotopic (exact) mass is 243 g/mol. The molecule has 6 heteroatoms. The first-order chi connectivity index (χ1) is 5.41. The van der Waals surface area contributed by atoms with Gasteiger partial charge in [0.15, 0.2) is 10.7 Å². The van der Waals surface area contributed by atoms with Gasteiger partial charge in [-0.05, 0) is 28.1 Å². The quantitative estimate of drug-likeness (QED) is 0.824. The number of hydrogen-bond acceptors (Lipinski definition) is 2. The van der Waals surface area contributed by atoms with Gasteiger partial charge in [0, 0.05) is 0 Å². The van der Waals surface area contributed by atoms with Crippen molar-refractivity contribution in [1.29, 1.82) is 0 Å². The van der Waals surface area contributed by atoms with Crippen molar-refractivity contribution in [2.75, 3.05) is 0 Å². The molecule has 2 N–H and O–H groups in total. The zero-order valence-corrected chi connectivity index (χ0v) is 7.32. The van der Waals surface area contributed by atoms with E-state index in [-0.39, 0.29) is 10.4 Å². The molecule has 1 heterocycles. The van der Waals surface area contributed by atoms with Crippen LogP contribution in [0.15, 0.2) is 21.2 Å². The minimum absolute atomic E-state index is 0.234. The third-order valence-corrected chi connectivity index (χ3v) is 1.68. The summed E-state index contributed by atoms with van der Waals surface area (Å²) in [6, 6.07) is 0.493. The fraction of sp³-hybridized carbons (Fsp3) is 0.333. The summed E-state index contributed by atoms with van der Waals surface area (Å²) in [5.41, 5.74) is 4.85. The van der Waals surface area contributed by atoms with Gasteiger partial charge in [-0.1, -0.05) is 0 Å². The van der Waals surface area contributed by atoms with Gasteiger partial charge in [-0.3, -0.25) is 0 Å². The van der Waals surface area contributed by atoms with Gasteiger partial charge in [0.2, 0.25) is 0 Å². The summed E-state index contributed by atoms with van der Waals surface area (Å²) < 4.78 is 40.7. The van der Waals surface area contributed by atoms with Crippen LogP contribution in [-0.2, 0) is 0 Å². The van der Waals surface area contributed by atoms with Crippen molar-refractivity contribution in [3.05, 3.63) is 22.6 Å². The Balaban J connectivity index is 2.85. The maximum Gasteiger partial charge on any atom is 0.410 e. The molecule has 1 atom stereocenters. The lowest BCUT2D eigenvalue weighted by Crippen LogP contribution is -2.27. The van der Waals surface area contributed by atoms with Gasteiger partial charge in [-0.2, -0.15) is 13.2 Å². The van der Waals surface area contributed by atoms with E-state index in [0.717, 1.165) is 0 Å². The van der Waals surface area contributed by atoms with E-state index in [4.69, 9.17) is 5.73 Å². The predicted molar refractivity (Wildman–Crippen MR) is 39.4 cm³/mol. The highest BCUT2D eigenvalue weighted by molar-refractivity contribution is 9.10. The van der Waals surface area contributed by atoms with Crippen LogP contribution < -0.4 is 5.73 Å². The molecule has 0 bridgehead atoms. The van der Waals surface area contributed by atoms with Gasteiger partial charge in [-0.15, -0.1) is 0 Å². The highest BCUT2D eigenvalue weighted by atomic mass is 79.9. The van der Waals surface area contributed by atoms with Crippen molar-refractivity contribution in [1.82, 2.24) is 0 Å². The molecule has 0 aromatic carbocycles. The summed E-state index contributed by atoms with van der Waals surface area (Å²) in [4.78, 5) is 0. The number of hydrogen-bond donors (Lipinski definition) is 1. The van der Waals surface area contributed by atoms with Gasteiger partial charge >= 0.3 is 6.18 Å². The van der Waals surface area contributed by atoms with Crippen LogP contribution in [0.5, 0.6) is 0 Å². The molecule has 12 heavy (non-hydrogen) atoms. The van der Waals surface area contributed by atoms with Crippen LogP contribution in [0.25, 0.3) is 0 Å². The molecule has 1 aromatic rings. The maximum atomic E-state index is 11.9. The lowest BCUT2D eigenvalue weighted by molar-refractivity contribution is -0.152. The molecular weight excluding hydrogens is 239 g/mol. The average molecular weight is 244 g/mol. The topological polar surface area (TPSA) is 39.2 Å². The number of rotatable bonds is 1. The summed E-state index contributed by atoms with van der Waals surface area (Å²) in [6.45, 7) is 0. The van der Waals surface area contributed by atoms with Gasteiger partial charge in [0.25, 0.3) is 0 Å². The molecule has 1 rings (SSSR count). The molecule has 68 valence electrons. The third kappa shape index (κ3) is 2.01. The molecule has 1 aromatic heterocycles. The predicted octanol–water partition coefficient (Wildman–Crippen LogP) is 2.60. The van der Waals surface area contributed by atoms with Crippen molar-refractivity contribution in [3.8, 4) is 0 Å². The van der Waals surface area contributed by atoms with E-state index in [1.807, 2.05) is 0 Å². The molecule has 2 nitrogen and oxygen atoms in total. The number of nitrogens with two attached hydrogens (primary N) is 1. The van der Waals surface area contributed by atoms with E-state index < -0.39 is 12.2 Å². The van der Waals surface area contributed by atoms with Crippen LogP contribution in [0.2, 0.25) is 0 Å².